The summed E-state index contributed by atoms with van der Waals surface area (Å²) >= 11 is 0. The van der Waals surface area contributed by atoms with Crippen LogP contribution in [0, 0.1) is 31.3 Å². The Morgan fingerprint density at radius 3 is 2.66 bits per heavy atom. The van der Waals surface area contributed by atoms with Crippen LogP contribution in [-0.4, -0.2) is 26.1 Å². The monoisotopic (exact) mass is 437 g/mol. The van der Waals surface area contributed by atoms with Crippen LogP contribution in [0.15, 0.2) is 41.5 Å². The average Bonchev–Trinajstić information content (AvgIpc) is 2.78. The van der Waals surface area contributed by atoms with Gasteiger partial charge in [-0.15, -0.1) is 5.10 Å². The number of hydrogen-bond donors (Lipinski definition) is 0. The number of nitrogens with zero attached hydrogens (tertiary/aromatic N) is 5. The van der Waals surface area contributed by atoms with Gasteiger partial charge >= 0.3 is 0 Å². The van der Waals surface area contributed by atoms with Gasteiger partial charge < -0.3 is 4.90 Å². The van der Waals surface area contributed by atoms with Crippen LogP contribution in [-0.2, 0) is 13.0 Å². The minimum atomic E-state index is -1.25. The second kappa shape index (κ2) is 7.44. The van der Waals surface area contributed by atoms with E-state index in [1.165, 1.54) is 23.0 Å². The fourth-order valence-electron chi connectivity index (χ4n) is 4.08. The van der Waals surface area contributed by atoms with E-state index in [4.69, 9.17) is 0 Å². The highest BCUT2D eigenvalue weighted by molar-refractivity contribution is 5.65. The molecule has 32 heavy (non-hydrogen) atoms. The van der Waals surface area contributed by atoms with Crippen molar-refractivity contribution in [1.29, 1.82) is 0 Å². The number of rotatable bonds is 2. The molecule has 0 unspecified atom stereocenters. The maximum atomic E-state index is 14.3. The summed E-state index contributed by atoms with van der Waals surface area (Å²) in [5, 5.41) is 4.54. The van der Waals surface area contributed by atoms with E-state index in [1.807, 2.05) is 18.7 Å². The molecule has 1 aliphatic heterocycles. The zero-order valence-electron chi connectivity index (χ0n) is 17.4. The number of aromatic nitrogens is 4. The lowest BCUT2D eigenvalue weighted by atomic mass is 9.99. The average molecular weight is 437 g/mol. The predicted octanol–water partition coefficient (Wildman–Crippen LogP) is 3.75. The molecule has 4 aromatic rings. The second-order valence-corrected chi connectivity index (χ2v) is 7.84. The molecule has 162 valence electrons. The molecule has 0 bridgehead atoms. The molecule has 0 aliphatic carbocycles. The molecule has 6 nitrogen and oxygen atoms in total. The molecule has 0 saturated heterocycles. The van der Waals surface area contributed by atoms with E-state index >= 15 is 0 Å². The first kappa shape index (κ1) is 20.2. The van der Waals surface area contributed by atoms with E-state index in [1.54, 1.807) is 6.07 Å². The van der Waals surface area contributed by atoms with Gasteiger partial charge in [0.2, 0.25) is 0 Å². The van der Waals surface area contributed by atoms with Crippen LogP contribution >= 0.6 is 0 Å². The Kier molecular flexibility index (Phi) is 4.69. The Balaban J connectivity index is 1.57. The Bertz CT molecular complexity index is 1450. The lowest BCUT2D eigenvalue weighted by Gasteiger charge is -2.31. The van der Waals surface area contributed by atoms with Gasteiger partial charge in [0.25, 0.3) is 5.56 Å². The van der Waals surface area contributed by atoms with Gasteiger partial charge in [-0.25, -0.2) is 18.2 Å². The SMILES string of the molecule is Cc1c(N2CCc3ncc(-c4cc(F)cc(F)c4F)cc3C2)nn2c(=O)ccnc2c1C. The molecule has 0 amide bonds. The normalized spacial score (nSPS) is 13.5. The van der Waals surface area contributed by atoms with Crippen molar-refractivity contribution in [3.8, 4) is 11.1 Å². The first-order valence-corrected chi connectivity index (χ1v) is 10.1. The summed E-state index contributed by atoms with van der Waals surface area (Å²) in [6, 6.07) is 4.52. The van der Waals surface area contributed by atoms with Gasteiger partial charge in [0.1, 0.15) is 5.82 Å². The number of halogens is 3. The predicted molar refractivity (Wildman–Crippen MR) is 113 cm³/mol. The van der Waals surface area contributed by atoms with Crippen molar-refractivity contribution in [2.45, 2.75) is 26.8 Å². The third-order valence-electron chi connectivity index (χ3n) is 5.89. The van der Waals surface area contributed by atoms with Gasteiger partial charge in [-0.2, -0.15) is 4.52 Å². The molecule has 0 saturated carbocycles. The van der Waals surface area contributed by atoms with Crippen molar-refractivity contribution in [3.05, 3.63) is 86.8 Å². The zero-order chi connectivity index (χ0) is 22.6. The standard InChI is InChI=1S/C23H18F3N5O/c1-12-13(2)23(29-31-20(32)3-5-27-22(12)31)30-6-4-19-15(11-30)7-14(10-28-19)17-8-16(24)9-18(25)21(17)26/h3,5,7-10H,4,6,11H2,1-2H3. The van der Waals surface area contributed by atoms with Gasteiger partial charge in [0, 0.05) is 72.0 Å². The van der Waals surface area contributed by atoms with Crippen molar-refractivity contribution in [3.63, 3.8) is 0 Å². The van der Waals surface area contributed by atoms with E-state index in [-0.39, 0.29) is 11.1 Å². The van der Waals surface area contributed by atoms with Gasteiger partial charge in [-0.3, -0.25) is 9.78 Å². The van der Waals surface area contributed by atoms with Gasteiger partial charge in [0.05, 0.1) is 0 Å². The summed E-state index contributed by atoms with van der Waals surface area (Å²) < 4.78 is 43.0. The molecular weight excluding hydrogens is 419 g/mol. The van der Waals surface area contributed by atoms with Crippen molar-refractivity contribution in [2.75, 3.05) is 11.4 Å². The molecule has 0 N–H and O–H groups in total. The number of fused-ring (bicyclic) bond motifs is 2. The van der Waals surface area contributed by atoms with Gasteiger partial charge in [-0.05, 0) is 31.5 Å². The molecule has 0 radical (unpaired) electrons. The van der Waals surface area contributed by atoms with E-state index < -0.39 is 17.5 Å². The van der Waals surface area contributed by atoms with Crippen LogP contribution in [0.25, 0.3) is 16.8 Å². The highest BCUT2D eigenvalue weighted by Gasteiger charge is 2.23. The van der Waals surface area contributed by atoms with Crippen molar-refractivity contribution < 1.29 is 13.2 Å². The maximum Gasteiger partial charge on any atom is 0.274 e. The fourth-order valence-corrected chi connectivity index (χ4v) is 4.08. The van der Waals surface area contributed by atoms with Crippen LogP contribution in [0.1, 0.15) is 22.4 Å². The van der Waals surface area contributed by atoms with Crippen LogP contribution < -0.4 is 10.5 Å². The molecule has 4 heterocycles. The molecule has 3 aromatic heterocycles. The van der Waals surface area contributed by atoms with E-state index in [0.29, 0.717) is 42.6 Å². The molecule has 9 heteroatoms. The van der Waals surface area contributed by atoms with Crippen LogP contribution in [0.2, 0.25) is 0 Å². The van der Waals surface area contributed by atoms with E-state index in [9.17, 15) is 18.0 Å². The molecule has 0 atom stereocenters. The number of aryl methyl sites for hydroxylation is 1. The van der Waals surface area contributed by atoms with Crippen molar-refractivity contribution >= 4 is 11.5 Å². The van der Waals surface area contributed by atoms with E-state index in [0.717, 1.165) is 28.5 Å². The summed E-state index contributed by atoms with van der Waals surface area (Å²) in [5.41, 5.74) is 3.72. The summed E-state index contributed by atoms with van der Waals surface area (Å²) in [7, 11) is 0. The molecule has 0 fully saturated rings. The quantitative estimate of drug-likeness (QED) is 0.447. The topological polar surface area (TPSA) is 63.4 Å². The Morgan fingerprint density at radius 2 is 1.84 bits per heavy atom. The highest BCUT2D eigenvalue weighted by atomic mass is 19.2. The van der Waals surface area contributed by atoms with Crippen LogP contribution in [0.5, 0.6) is 0 Å². The van der Waals surface area contributed by atoms with Crippen LogP contribution in [0.3, 0.4) is 0 Å². The first-order valence-electron chi connectivity index (χ1n) is 10.1. The van der Waals surface area contributed by atoms with Gasteiger partial charge in [0.15, 0.2) is 23.1 Å². The molecule has 1 aromatic carbocycles. The fraction of sp³-hybridized carbons (Fsp3) is 0.217. The minimum Gasteiger partial charge on any atom is -0.350 e. The summed E-state index contributed by atoms with van der Waals surface area (Å²) in [4.78, 5) is 23.0. The maximum absolute atomic E-state index is 14.3. The number of benzene rings is 1. The van der Waals surface area contributed by atoms with Crippen molar-refractivity contribution in [1.82, 2.24) is 19.6 Å². The zero-order valence-corrected chi connectivity index (χ0v) is 17.4. The Morgan fingerprint density at radius 1 is 1.03 bits per heavy atom. The number of anilines is 1. The third-order valence-corrected chi connectivity index (χ3v) is 5.89. The molecule has 5 rings (SSSR count). The lowest BCUT2D eigenvalue weighted by Crippen LogP contribution is -2.33. The van der Waals surface area contributed by atoms with Crippen LogP contribution in [0.4, 0.5) is 19.0 Å². The second-order valence-electron chi connectivity index (χ2n) is 7.84. The summed E-state index contributed by atoms with van der Waals surface area (Å²) in [5.74, 6) is -2.58. The summed E-state index contributed by atoms with van der Waals surface area (Å²) in [6.45, 7) is 4.84. The smallest absolute Gasteiger partial charge is 0.274 e. The highest BCUT2D eigenvalue weighted by Crippen LogP contribution is 2.31. The molecule has 1 aliphatic rings. The summed E-state index contributed by atoms with van der Waals surface area (Å²) in [6.07, 6.45) is 3.50. The number of pyridine rings is 1. The molecule has 0 spiro atoms. The van der Waals surface area contributed by atoms with Gasteiger partial charge in [-0.1, -0.05) is 0 Å². The largest absolute Gasteiger partial charge is 0.350 e. The minimum absolute atomic E-state index is 0.177. The molecular formula is C23H18F3N5O. The van der Waals surface area contributed by atoms with Crippen molar-refractivity contribution in [2.24, 2.45) is 0 Å². The van der Waals surface area contributed by atoms with E-state index in [2.05, 4.69) is 15.1 Å². The third kappa shape index (κ3) is 3.21. The Hall–Kier alpha value is -3.75. The number of hydrogen-bond acceptors (Lipinski definition) is 5. The first-order chi connectivity index (χ1) is 15.3. The lowest BCUT2D eigenvalue weighted by molar-refractivity contribution is 0.497. The Labute approximate surface area is 181 Å².